The summed E-state index contributed by atoms with van der Waals surface area (Å²) in [6, 6.07) is 3.71. The van der Waals surface area contributed by atoms with Gasteiger partial charge in [-0.15, -0.1) is 5.10 Å². The maximum atomic E-state index is 4.95. The lowest BCUT2D eigenvalue weighted by Gasteiger charge is -2.04. The molecule has 2 heterocycles. The number of methoxy groups -OCH3 is 1. The number of nitrogens with one attached hydrogen (secondary N) is 1. The van der Waals surface area contributed by atoms with E-state index in [4.69, 9.17) is 4.74 Å². The Bertz CT molecular complexity index is 479. The number of aromatic nitrogens is 4. The Morgan fingerprint density at radius 3 is 2.83 bits per heavy atom. The molecule has 2 aromatic rings. The van der Waals surface area contributed by atoms with E-state index in [-0.39, 0.29) is 0 Å². The van der Waals surface area contributed by atoms with E-state index in [0.29, 0.717) is 12.4 Å². The van der Waals surface area contributed by atoms with Gasteiger partial charge in [0.1, 0.15) is 5.82 Å². The molecule has 0 aliphatic rings. The van der Waals surface area contributed by atoms with E-state index < -0.39 is 0 Å². The Kier molecular flexibility index (Phi) is 4.25. The van der Waals surface area contributed by atoms with E-state index in [1.165, 1.54) is 0 Å². The summed E-state index contributed by atoms with van der Waals surface area (Å²) in [6.45, 7) is 1.56. The van der Waals surface area contributed by atoms with Gasteiger partial charge in [0.05, 0.1) is 12.8 Å². The van der Waals surface area contributed by atoms with Crippen LogP contribution in [0.4, 0.5) is 0 Å². The first kappa shape index (κ1) is 12.5. The molecule has 0 aromatic carbocycles. The Balaban J connectivity index is 1.73. The second kappa shape index (κ2) is 6.11. The molecule has 18 heavy (non-hydrogen) atoms. The van der Waals surface area contributed by atoms with E-state index in [9.17, 15) is 0 Å². The van der Waals surface area contributed by atoms with Crippen molar-refractivity contribution in [2.45, 2.75) is 13.0 Å². The fourth-order valence-electron chi connectivity index (χ4n) is 1.60. The maximum Gasteiger partial charge on any atom is 0.233 e. The number of nitrogens with zero attached hydrogens (tertiary/aromatic N) is 4. The predicted molar refractivity (Wildman–Crippen MR) is 67.2 cm³/mol. The molecule has 2 rings (SSSR count). The quantitative estimate of drug-likeness (QED) is 0.755. The molecule has 0 unspecified atom stereocenters. The molecular formula is C12H17N5O. The van der Waals surface area contributed by atoms with Gasteiger partial charge in [-0.25, -0.2) is 4.98 Å². The smallest absolute Gasteiger partial charge is 0.233 e. The van der Waals surface area contributed by atoms with Crippen molar-refractivity contribution in [3.63, 3.8) is 0 Å². The molecule has 96 valence electrons. The molecule has 0 aliphatic carbocycles. The van der Waals surface area contributed by atoms with Crippen molar-refractivity contribution >= 4 is 0 Å². The van der Waals surface area contributed by atoms with E-state index in [1.807, 2.05) is 36.1 Å². The molecule has 0 amide bonds. The van der Waals surface area contributed by atoms with Crippen molar-refractivity contribution in [1.82, 2.24) is 25.1 Å². The second-order valence-electron chi connectivity index (χ2n) is 3.95. The zero-order valence-electron chi connectivity index (χ0n) is 10.6. The summed E-state index contributed by atoms with van der Waals surface area (Å²) < 4.78 is 6.97. The Morgan fingerprint density at radius 1 is 1.33 bits per heavy atom. The highest BCUT2D eigenvalue weighted by atomic mass is 16.5. The molecule has 0 radical (unpaired) electrons. The molecule has 0 fully saturated rings. The van der Waals surface area contributed by atoms with Gasteiger partial charge in [-0.1, -0.05) is 0 Å². The van der Waals surface area contributed by atoms with Gasteiger partial charge in [0, 0.05) is 45.0 Å². The molecule has 0 aliphatic heterocycles. The van der Waals surface area contributed by atoms with Crippen LogP contribution in [0.3, 0.4) is 0 Å². The van der Waals surface area contributed by atoms with Gasteiger partial charge in [0.15, 0.2) is 0 Å². The van der Waals surface area contributed by atoms with Crippen molar-refractivity contribution in [3.8, 4) is 5.88 Å². The molecule has 6 nitrogen and oxygen atoms in total. The molecule has 0 atom stereocenters. The maximum absolute atomic E-state index is 4.95. The lowest BCUT2D eigenvalue weighted by molar-refractivity contribution is 0.390. The summed E-state index contributed by atoms with van der Waals surface area (Å²) in [5.74, 6) is 1.61. The first-order valence-corrected chi connectivity index (χ1v) is 5.83. The van der Waals surface area contributed by atoms with Gasteiger partial charge in [0.25, 0.3) is 0 Å². The highest BCUT2D eigenvalue weighted by Crippen LogP contribution is 2.03. The van der Waals surface area contributed by atoms with Crippen molar-refractivity contribution in [1.29, 1.82) is 0 Å². The van der Waals surface area contributed by atoms with Crippen molar-refractivity contribution in [2.75, 3.05) is 13.7 Å². The van der Waals surface area contributed by atoms with Crippen molar-refractivity contribution in [2.24, 2.45) is 7.05 Å². The number of aryl methyl sites for hydroxylation is 1. The summed E-state index contributed by atoms with van der Waals surface area (Å²) in [7, 11) is 3.58. The van der Waals surface area contributed by atoms with Crippen molar-refractivity contribution < 1.29 is 4.74 Å². The third-order valence-electron chi connectivity index (χ3n) is 2.66. The molecule has 1 N–H and O–H groups in total. The van der Waals surface area contributed by atoms with Crippen LogP contribution in [-0.4, -0.2) is 33.4 Å². The standard InChI is InChI=1S/C12H17N5O/c1-17-8-7-14-11(17)5-6-13-9-10-3-4-12(18-2)16-15-10/h3-4,7-8,13H,5-6,9H2,1-2H3. The molecule has 0 bridgehead atoms. The highest BCUT2D eigenvalue weighted by molar-refractivity contribution is 5.11. The van der Waals surface area contributed by atoms with Crippen LogP contribution in [0.5, 0.6) is 5.88 Å². The zero-order valence-corrected chi connectivity index (χ0v) is 10.6. The van der Waals surface area contributed by atoms with E-state index in [0.717, 1.165) is 24.5 Å². The lowest BCUT2D eigenvalue weighted by Crippen LogP contribution is -2.19. The number of imidazole rings is 1. The topological polar surface area (TPSA) is 64.9 Å². The average molecular weight is 247 g/mol. The van der Waals surface area contributed by atoms with Gasteiger partial charge in [-0.2, -0.15) is 5.10 Å². The Labute approximate surface area is 106 Å². The molecule has 0 saturated heterocycles. The van der Waals surface area contributed by atoms with Crippen molar-refractivity contribution in [3.05, 3.63) is 36.0 Å². The fraction of sp³-hybridized carbons (Fsp3) is 0.417. The van der Waals surface area contributed by atoms with Crippen LogP contribution < -0.4 is 10.1 Å². The van der Waals surface area contributed by atoms with Crippen LogP contribution in [0.25, 0.3) is 0 Å². The average Bonchev–Trinajstić information content (AvgIpc) is 2.81. The summed E-state index contributed by atoms with van der Waals surface area (Å²) in [5, 5.41) is 11.3. The normalized spacial score (nSPS) is 10.6. The highest BCUT2D eigenvalue weighted by Gasteiger charge is 2.00. The number of rotatable bonds is 6. The van der Waals surface area contributed by atoms with Crippen LogP contribution in [0.2, 0.25) is 0 Å². The monoisotopic (exact) mass is 247 g/mol. The first-order valence-electron chi connectivity index (χ1n) is 5.83. The van der Waals surface area contributed by atoms with Gasteiger partial charge < -0.3 is 14.6 Å². The third kappa shape index (κ3) is 3.27. The Morgan fingerprint density at radius 2 is 2.22 bits per heavy atom. The van der Waals surface area contributed by atoms with Crippen LogP contribution in [0.1, 0.15) is 11.5 Å². The number of ether oxygens (including phenoxy) is 1. The largest absolute Gasteiger partial charge is 0.480 e. The second-order valence-corrected chi connectivity index (χ2v) is 3.95. The van der Waals surface area contributed by atoms with Gasteiger partial charge in [0.2, 0.25) is 5.88 Å². The van der Waals surface area contributed by atoms with Gasteiger partial charge in [-0.3, -0.25) is 0 Å². The van der Waals surface area contributed by atoms with E-state index >= 15 is 0 Å². The predicted octanol–water partition coefficient (Wildman–Crippen LogP) is 0.551. The third-order valence-corrected chi connectivity index (χ3v) is 2.66. The lowest BCUT2D eigenvalue weighted by atomic mass is 10.3. The fourth-order valence-corrected chi connectivity index (χ4v) is 1.60. The first-order chi connectivity index (χ1) is 8.79. The zero-order chi connectivity index (χ0) is 12.8. The summed E-state index contributed by atoms with van der Waals surface area (Å²) in [4.78, 5) is 4.26. The minimum absolute atomic E-state index is 0.534. The molecule has 2 aromatic heterocycles. The van der Waals surface area contributed by atoms with E-state index in [2.05, 4.69) is 20.5 Å². The molecule has 6 heteroatoms. The minimum atomic E-state index is 0.534. The van der Waals surface area contributed by atoms with Gasteiger partial charge >= 0.3 is 0 Å². The minimum Gasteiger partial charge on any atom is -0.480 e. The number of hydrogen-bond acceptors (Lipinski definition) is 5. The van der Waals surface area contributed by atoms with Crippen LogP contribution >= 0.6 is 0 Å². The SMILES string of the molecule is COc1ccc(CNCCc2nccn2C)nn1. The van der Waals surface area contributed by atoms with Crippen LogP contribution in [0.15, 0.2) is 24.5 Å². The summed E-state index contributed by atoms with van der Waals surface area (Å²) in [5.41, 5.74) is 0.899. The van der Waals surface area contributed by atoms with E-state index in [1.54, 1.807) is 7.11 Å². The summed E-state index contributed by atoms with van der Waals surface area (Å²) >= 11 is 0. The van der Waals surface area contributed by atoms with Gasteiger partial charge in [-0.05, 0) is 6.07 Å². The molecular weight excluding hydrogens is 230 g/mol. The number of hydrogen-bond donors (Lipinski definition) is 1. The van der Waals surface area contributed by atoms with Crippen LogP contribution in [-0.2, 0) is 20.0 Å². The van der Waals surface area contributed by atoms with Crippen LogP contribution in [0, 0.1) is 0 Å². The molecule has 0 spiro atoms. The Hall–Kier alpha value is -1.95. The summed E-state index contributed by atoms with van der Waals surface area (Å²) in [6.07, 6.45) is 4.65. The molecule has 0 saturated carbocycles.